The van der Waals surface area contributed by atoms with Crippen molar-refractivity contribution < 1.29 is 9.53 Å². The number of carbonyl (C=O) groups is 1. The zero-order valence-electron chi connectivity index (χ0n) is 15.2. The quantitative estimate of drug-likeness (QED) is 0.653. The van der Waals surface area contributed by atoms with Crippen LogP contribution in [0.4, 0.5) is 0 Å². The third kappa shape index (κ3) is 5.96. The van der Waals surface area contributed by atoms with Crippen LogP contribution in [0.25, 0.3) is 0 Å². The largest absolute Gasteiger partial charge is 0.486 e. The third-order valence-corrected chi connectivity index (χ3v) is 5.91. The molecule has 1 unspecified atom stereocenters. The number of ether oxygens (including phenoxy) is 1. The van der Waals surface area contributed by atoms with Gasteiger partial charge in [-0.15, -0.1) is 36.2 Å². The van der Waals surface area contributed by atoms with Gasteiger partial charge in [0.05, 0.1) is 11.2 Å². The maximum atomic E-state index is 12.6. The van der Waals surface area contributed by atoms with Gasteiger partial charge < -0.3 is 15.8 Å². The van der Waals surface area contributed by atoms with Crippen molar-refractivity contribution in [3.8, 4) is 5.75 Å². The molecule has 1 saturated carbocycles. The van der Waals surface area contributed by atoms with Gasteiger partial charge in [-0.1, -0.05) is 11.6 Å². The summed E-state index contributed by atoms with van der Waals surface area (Å²) in [6.45, 7) is 4.61. The number of halogens is 3. The molecule has 1 amide bonds. The Hall–Kier alpha value is -1.05. The second-order valence-electron chi connectivity index (χ2n) is 6.61. The molecule has 1 aromatic carbocycles. The maximum absolute atomic E-state index is 12.6. The number of rotatable bonds is 7. The Kier molecular flexibility index (Phi) is 8.83. The van der Waals surface area contributed by atoms with Crippen LogP contribution in [-0.2, 0) is 6.61 Å². The molecule has 1 aliphatic carbocycles. The van der Waals surface area contributed by atoms with E-state index < -0.39 is 0 Å². The highest BCUT2D eigenvalue weighted by Gasteiger charge is 2.42. The Morgan fingerprint density at radius 2 is 2.00 bits per heavy atom. The van der Waals surface area contributed by atoms with Crippen molar-refractivity contribution in [3.05, 3.63) is 44.9 Å². The van der Waals surface area contributed by atoms with Crippen molar-refractivity contribution >= 4 is 53.7 Å². The van der Waals surface area contributed by atoms with Gasteiger partial charge in [-0.05, 0) is 56.9 Å². The molecule has 0 aliphatic heterocycles. The Morgan fingerprint density at radius 3 is 2.56 bits per heavy atom. The summed E-state index contributed by atoms with van der Waals surface area (Å²) in [6, 6.07) is 7.15. The lowest BCUT2D eigenvalue weighted by molar-refractivity contribution is 0.0901. The van der Waals surface area contributed by atoms with E-state index in [2.05, 4.69) is 10.3 Å². The molecule has 5 nitrogen and oxygen atoms in total. The number of hydrogen-bond acceptors (Lipinski definition) is 5. The lowest BCUT2D eigenvalue weighted by Gasteiger charge is -2.29. The molecule has 9 heteroatoms. The fourth-order valence-electron chi connectivity index (χ4n) is 2.76. The average Bonchev–Trinajstić information content (AvgIpc) is 3.38. The summed E-state index contributed by atoms with van der Waals surface area (Å²) in [5.41, 5.74) is 6.26. The smallest absolute Gasteiger partial charge is 0.263 e. The van der Waals surface area contributed by atoms with Crippen LogP contribution in [0, 0.1) is 12.8 Å². The molecule has 2 aromatic rings. The molecule has 3 rings (SSSR count). The molecule has 1 fully saturated rings. The van der Waals surface area contributed by atoms with E-state index in [1.807, 2.05) is 13.8 Å². The molecule has 0 radical (unpaired) electrons. The van der Waals surface area contributed by atoms with Crippen LogP contribution in [0.5, 0.6) is 5.75 Å². The summed E-state index contributed by atoms with van der Waals surface area (Å²) in [4.78, 5) is 17.7. The summed E-state index contributed by atoms with van der Waals surface area (Å²) in [7, 11) is 0. The number of nitrogens with zero attached hydrogens (tertiary/aromatic N) is 1. The topological polar surface area (TPSA) is 77.2 Å². The first-order chi connectivity index (χ1) is 11.9. The minimum atomic E-state index is -0.340. The monoisotopic (exact) mass is 451 g/mol. The highest BCUT2D eigenvalue weighted by molar-refractivity contribution is 7.13. The van der Waals surface area contributed by atoms with Crippen molar-refractivity contribution in [2.75, 3.05) is 6.54 Å². The predicted octanol–water partition coefficient (Wildman–Crippen LogP) is 4.38. The third-order valence-electron chi connectivity index (χ3n) is 4.52. The van der Waals surface area contributed by atoms with E-state index in [-0.39, 0.29) is 36.3 Å². The summed E-state index contributed by atoms with van der Waals surface area (Å²) in [6.07, 6.45) is 2.24. The van der Waals surface area contributed by atoms with E-state index in [1.165, 1.54) is 11.3 Å². The number of thiazole rings is 1. The van der Waals surface area contributed by atoms with E-state index in [0.29, 0.717) is 40.4 Å². The van der Waals surface area contributed by atoms with Crippen LogP contribution in [0.1, 0.15) is 40.1 Å². The molecule has 0 bridgehead atoms. The van der Waals surface area contributed by atoms with E-state index in [0.717, 1.165) is 17.8 Å². The zero-order valence-corrected chi connectivity index (χ0v) is 18.4. The normalized spacial score (nSPS) is 15.1. The second kappa shape index (κ2) is 9.94. The van der Waals surface area contributed by atoms with Gasteiger partial charge in [-0.3, -0.25) is 4.79 Å². The Balaban J connectivity index is 0.00000182. The highest BCUT2D eigenvalue weighted by Crippen LogP contribution is 2.39. The van der Waals surface area contributed by atoms with E-state index in [1.54, 1.807) is 24.3 Å². The number of aromatic nitrogens is 1. The number of nitrogens with one attached hydrogen (secondary N) is 1. The highest BCUT2D eigenvalue weighted by atomic mass is 35.5. The van der Waals surface area contributed by atoms with Crippen molar-refractivity contribution in [2.24, 2.45) is 11.7 Å². The first kappa shape index (κ1) is 24.0. The number of nitrogens with two attached hydrogens (primary N) is 1. The lowest BCUT2D eigenvalue weighted by atomic mass is 9.96. The molecule has 0 spiro atoms. The molecule has 150 valence electrons. The second-order valence-corrected chi connectivity index (χ2v) is 8.13. The van der Waals surface area contributed by atoms with Crippen LogP contribution in [0.3, 0.4) is 0 Å². The summed E-state index contributed by atoms with van der Waals surface area (Å²) in [5, 5.41) is 4.53. The number of benzene rings is 1. The van der Waals surface area contributed by atoms with Crippen molar-refractivity contribution in [1.29, 1.82) is 0 Å². The van der Waals surface area contributed by atoms with Gasteiger partial charge in [-0.25, -0.2) is 4.98 Å². The first-order valence-electron chi connectivity index (χ1n) is 8.28. The van der Waals surface area contributed by atoms with Gasteiger partial charge in [-0.2, -0.15) is 0 Å². The minimum absolute atomic E-state index is 0. The van der Waals surface area contributed by atoms with Crippen molar-refractivity contribution in [1.82, 2.24) is 10.3 Å². The molecule has 1 aromatic heterocycles. The van der Waals surface area contributed by atoms with Crippen molar-refractivity contribution in [3.63, 3.8) is 0 Å². The number of amides is 1. The first-order valence-corrected chi connectivity index (χ1v) is 9.48. The predicted molar refractivity (Wildman–Crippen MR) is 115 cm³/mol. The Morgan fingerprint density at radius 1 is 1.37 bits per heavy atom. The molecule has 1 heterocycles. The van der Waals surface area contributed by atoms with Gasteiger partial charge in [0.25, 0.3) is 5.91 Å². The van der Waals surface area contributed by atoms with E-state index in [9.17, 15) is 4.79 Å². The lowest BCUT2D eigenvalue weighted by Crippen LogP contribution is -2.53. The van der Waals surface area contributed by atoms with Crippen LogP contribution in [-0.4, -0.2) is 23.0 Å². The van der Waals surface area contributed by atoms with Gasteiger partial charge in [0.15, 0.2) is 0 Å². The van der Waals surface area contributed by atoms with Gasteiger partial charge in [0, 0.05) is 11.6 Å². The fourth-order valence-corrected chi connectivity index (χ4v) is 3.76. The fraction of sp³-hybridized carbons (Fsp3) is 0.444. The van der Waals surface area contributed by atoms with Gasteiger partial charge in [0.2, 0.25) is 0 Å². The standard InChI is InChI=1S/C18H22ClN3O2S.2ClH/c1-11-16(17(23)22-18(2,10-20)12-3-4-12)25-15(21-11)9-24-14-7-5-13(19)6-8-14;;/h5-8,12H,3-4,9-10,20H2,1-2H3,(H,22,23);2*1H. The molecule has 3 N–H and O–H groups in total. The van der Waals surface area contributed by atoms with Crippen LogP contribution in [0.2, 0.25) is 5.02 Å². The molecule has 1 aliphatic rings. The average molecular weight is 453 g/mol. The number of hydrogen-bond donors (Lipinski definition) is 2. The molecule has 0 saturated heterocycles. The molecular formula is C18H24Cl3N3O2S. The number of carbonyl (C=O) groups excluding carboxylic acids is 1. The Bertz CT molecular complexity index is 766. The van der Waals surface area contributed by atoms with Crippen LogP contribution >= 0.6 is 47.8 Å². The summed E-state index contributed by atoms with van der Waals surface area (Å²) < 4.78 is 5.70. The van der Waals surface area contributed by atoms with E-state index in [4.69, 9.17) is 22.1 Å². The van der Waals surface area contributed by atoms with Gasteiger partial charge in [0.1, 0.15) is 22.2 Å². The van der Waals surface area contributed by atoms with Gasteiger partial charge >= 0.3 is 0 Å². The van der Waals surface area contributed by atoms with Crippen LogP contribution < -0.4 is 15.8 Å². The van der Waals surface area contributed by atoms with Crippen LogP contribution in [0.15, 0.2) is 24.3 Å². The number of aryl methyl sites for hydroxylation is 1. The zero-order chi connectivity index (χ0) is 18.0. The maximum Gasteiger partial charge on any atom is 0.263 e. The molecular weight excluding hydrogens is 429 g/mol. The van der Waals surface area contributed by atoms with E-state index >= 15 is 0 Å². The molecule has 1 atom stereocenters. The minimum Gasteiger partial charge on any atom is -0.486 e. The SMILES string of the molecule is Cc1nc(COc2ccc(Cl)cc2)sc1C(=O)NC(C)(CN)C1CC1.Cl.Cl. The molecule has 27 heavy (non-hydrogen) atoms. The van der Waals surface area contributed by atoms with Crippen molar-refractivity contribution in [2.45, 2.75) is 38.8 Å². The summed E-state index contributed by atoms with van der Waals surface area (Å²) >= 11 is 7.22. The Labute approximate surface area is 180 Å². The summed E-state index contributed by atoms with van der Waals surface area (Å²) in [5.74, 6) is 1.09.